The van der Waals surface area contributed by atoms with Gasteiger partial charge in [0.25, 0.3) is 0 Å². The molecule has 0 heterocycles. The predicted octanol–water partition coefficient (Wildman–Crippen LogP) is 0.672. The normalized spacial score (nSPS) is 11.3. The summed E-state index contributed by atoms with van der Waals surface area (Å²) in [6.07, 6.45) is 0. The first kappa shape index (κ1) is 14.3. The van der Waals surface area contributed by atoms with E-state index >= 15 is 0 Å². The highest BCUT2D eigenvalue weighted by atomic mass is 32.2. The number of nitrogens with one attached hydrogen (secondary N) is 1. The molecule has 0 unspecified atom stereocenters. The molecule has 0 aromatic heterocycles. The van der Waals surface area contributed by atoms with Crippen LogP contribution in [0, 0.1) is 12.7 Å². The Balaban J connectivity index is 2.40. The van der Waals surface area contributed by atoms with E-state index < -0.39 is 0 Å². The van der Waals surface area contributed by atoms with Gasteiger partial charge in [0.15, 0.2) is 5.17 Å². The first-order chi connectivity index (χ1) is 8.52. The van der Waals surface area contributed by atoms with Crippen molar-refractivity contribution in [2.24, 2.45) is 16.7 Å². The van der Waals surface area contributed by atoms with Crippen LogP contribution in [0.4, 0.5) is 4.39 Å². The summed E-state index contributed by atoms with van der Waals surface area (Å²) in [4.78, 5) is 11.4. The Labute approximate surface area is 109 Å². The third kappa shape index (κ3) is 4.62. The number of amides is 1. The summed E-state index contributed by atoms with van der Waals surface area (Å²) in [5, 5.41) is 6.02. The quantitative estimate of drug-likeness (QED) is 0.324. The molecule has 18 heavy (non-hydrogen) atoms. The lowest BCUT2D eigenvalue weighted by molar-refractivity contribution is -0.118. The van der Waals surface area contributed by atoms with Crippen molar-refractivity contribution in [1.82, 2.24) is 5.32 Å². The van der Waals surface area contributed by atoms with Gasteiger partial charge in [0, 0.05) is 6.54 Å². The summed E-state index contributed by atoms with van der Waals surface area (Å²) in [5.41, 5.74) is 6.61. The van der Waals surface area contributed by atoms with Gasteiger partial charge in [-0.15, -0.1) is 0 Å². The molecule has 5 nitrogen and oxygen atoms in total. The molecule has 0 atom stereocenters. The summed E-state index contributed by atoms with van der Waals surface area (Å²) in [5.74, 6) is 4.55. The van der Waals surface area contributed by atoms with Gasteiger partial charge in [-0.3, -0.25) is 4.79 Å². The number of benzene rings is 1. The van der Waals surface area contributed by atoms with Crippen molar-refractivity contribution in [3.05, 3.63) is 35.1 Å². The van der Waals surface area contributed by atoms with E-state index in [2.05, 4.69) is 10.4 Å². The number of carbonyl (C=O) groups is 1. The molecule has 5 N–H and O–H groups in total. The van der Waals surface area contributed by atoms with Crippen LogP contribution in [0.2, 0.25) is 0 Å². The zero-order valence-electron chi connectivity index (χ0n) is 9.94. The van der Waals surface area contributed by atoms with Crippen LogP contribution in [-0.2, 0) is 11.3 Å². The fourth-order valence-corrected chi connectivity index (χ4v) is 1.63. The molecule has 0 saturated carbocycles. The van der Waals surface area contributed by atoms with Crippen LogP contribution in [0.15, 0.2) is 23.3 Å². The number of nitrogens with zero attached hydrogens (tertiary/aromatic N) is 1. The third-order valence-electron chi connectivity index (χ3n) is 2.20. The number of hydrazone groups is 1. The Morgan fingerprint density at radius 2 is 2.28 bits per heavy atom. The van der Waals surface area contributed by atoms with Crippen molar-refractivity contribution < 1.29 is 9.18 Å². The van der Waals surface area contributed by atoms with Crippen molar-refractivity contribution in [2.75, 3.05) is 5.75 Å². The average molecular weight is 270 g/mol. The minimum Gasteiger partial charge on any atom is -0.377 e. The zero-order chi connectivity index (χ0) is 13.5. The number of nitrogens with two attached hydrogens (primary N) is 2. The van der Waals surface area contributed by atoms with Crippen LogP contribution in [-0.4, -0.2) is 16.8 Å². The number of aryl methyl sites for hydroxylation is 1. The molecule has 0 spiro atoms. The zero-order valence-corrected chi connectivity index (χ0v) is 10.8. The SMILES string of the molecule is Cc1ccc(CNC(=O)CSC(N)=NN)cc1F. The molecular formula is C11H15FN4OS. The molecule has 0 aliphatic heterocycles. The lowest BCUT2D eigenvalue weighted by Gasteiger charge is -2.06. The van der Waals surface area contributed by atoms with E-state index in [0.717, 1.165) is 11.8 Å². The summed E-state index contributed by atoms with van der Waals surface area (Å²) in [6.45, 7) is 1.96. The molecule has 0 aliphatic rings. The topological polar surface area (TPSA) is 93.5 Å². The molecule has 7 heteroatoms. The number of carbonyl (C=O) groups excluding carboxylic acids is 1. The predicted molar refractivity (Wildman–Crippen MR) is 71.3 cm³/mol. The van der Waals surface area contributed by atoms with Gasteiger partial charge in [-0.05, 0) is 24.1 Å². The maximum absolute atomic E-state index is 13.2. The van der Waals surface area contributed by atoms with Gasteiger partial charge in [-0.2, -0.15) is 5.10 Å². The minimum absolute atomic E-state index is 0.126. The highest BCUT2D eigenvalue weighted by molar-refractivity contribution is 8.14. The summed E-state index contributed by atoms with van der Waals surface area (Å²) in [6, 6.07) is 4.84. The second kappa shape index (κ2) is 6.85. The number of rotatable bonds is 4. The standard InChI is InChI=1S/C11H15FN4OS/c1-7-2-3-8(4-9(7)12)5-15-10(17)6-18-11(13)16-14/h2-4H,5-6,14H2,1H3,(H2,13,16)(H,15,17). The molecule has 0 saturated heterocycles. The summed E-state index contributed by atoms with van der Waals surface area (Å²) in [7, 11) is 0. The molecule has 1 amide bonds. The van der Waals surface area contributed by atoms with Crippen LogP contribution in [0.5, 0.6) is 0 Å². The Kier molecular flexibility index (Phi) is 5.44. The van der Waals surface area contributed by atoms with E-state index in [9.17, 15) is 9.18 Å². The largest absolute Gasteiger partial charge is 0.377 e. The van der Waals surface area contributed by atoms with E-state index in [0.29, 0.717) is 11.1 Å². The van der Waals surface area contributed by atoms with Crippen molar-refractivity contribution in [3.63, 3.8) is 0 Å². The number of halogens is 1. The molecule has 1 aromatic carbocycles. The molecule has 1 rings (SSSR count). The van der Waals surface area contributed by atoms with Crippen LogP contribution in [0.25, 0.3) is 0 Å². The van der Waals surface area contributed by atoms with Gasteiger partial charge >= 0.3 is 0 Å². The van der Waals surface area contributed by atoms with E-state index in [1.807, 2.05) is 0 Å². The highest BCUT2D eigenvalue weighted by Crippen LogP contribution is 2.09. The minimum atomic E-state index is -0.282. The Morgan fingerprint density at radius 1 is 1.56 bits per heavy atom. The van der Waals surface area contributed by atoms with Gasteiger partial charge in [0.05, 0.1) is 5.75 Å². The molecule has 0 bridgehead atoms. The first-order valence-corrected chi connectivity index (χ1v) is 6.19. The second-order valence-electron chi connectivity index (χ2n) is 3.62. The summed E-state index contributed by atoms with van der Waals surface area (Å²) >= 11 is 1.04. The van der Waals surface area contributed by atoms with Crippen LogP contribution < -0.4 is 16.9 Å². The van der Waals surface area contributed by atoms with E-state index in [1.165, 1.54) is 6.07 Å². The first-order valence-electron chi connectivity index (χ1n) is 5.21. The van der Waals surface area contributed by atoms with Gasteiger partial charge in [0.2, 0.25) is 5.91 Å². The summed E-state index contributed by atoms with van der Waals surface area (Å²) < 4.78 is 13.2. The van der Waals surface area contributed by atoms with Crippen molar-refractivity contribution in [1.29, 1.82) is 0 Å². The number of thioether (sulfide) groups is 1. The van der Waals surface area contributed by atoms with Gasteiger partial charge in [-0.1, -0.05) is 23.9 Å². The molecular weight excluding hydrogens is 255 g/mol. The van der Waals surface area contributed by atoms with Crippen LogP contribution in [0.1, 0.15) is 11.1 Å². The molecule has 0 radical (unpaired) electrons. The maximum Gasteiger partial charge on any atom is 0.230 e. The van der Waals surface area contributed by atoms with E-state index in [1.54, 1.807) is 19.1 Å². The van der Waals surface area contributed by atoms with Crippen molar-refractivity contribution in [3.8, 4) is 0 Å². The molecule has 0 fully saturated rings. The van der Waals surface area contributed by atoms with Crippen LogP contribution >= 0.6 is 11.8 Å². The van der Waals surface area contributed by atoms with Gasteiger partial charge in [0.1, 0.15) is 5.82 Å². The fraction of sp³-hybridized carbons (Fsp3) is 0.273. The monoisotopic (exact) mass is 270 g/mol. The second-order valence-corrected chi connectivity index (χ2v) is 4.61. The highest BCUT2D eigenvalue weighted by Gasteiger charge is 2.04. The Bertz CT molecular complexity index is 464. The Hall–Kier alpha value is -1.76. The molecule has 1 aromatic rings. The number of hydrogen-bond acceptors (Lipinski definition) is 4. The average Bonchev–Trinajstić information content (AvgIpc) is 2.37. The van der Waals surface area contributed by atoms with Gasteiger partial charge in [-0.25, -0.2) is 4.39 Å². The Morgan fingerprint density at radius 3 is 2.89 bits per heavy atom. The molecule has 98 valence electrons. The van der Waals surface area contributed by atoms with Gasteiger partial charge < -0.3 is 16.9 Å². The number of hydrogen-bond donors (Lipinski definition) is 3. The number of amidine groups is 1. The van der Waals surface area contributed by atoms with E-state index in [4.69, 9.17) is 11.6 Å². The smallest absolute Gasteiger partial charge is 0.230 e. The molecule has 0 aliphatic carbocycles. The van der Waals surface area contributed by atoms with Crippen molar-refractivity contribution in [2.45, 2.75) is 13.5 Å². The van der Waals surface area contributed by atoms with Crippen LogP contribution in [0.3, 0.4) is 0 Å². The van der Waals surface area contributed by atoms with Crippen molar-refractivity contribution >= 4 is 22.8 Å². The van der Waals surface area contributed by atoms with E-state index in [-0.39, 0.29) is 29.2 Å². The maximum atomic E-state index is 13.2. The third-order valence-corrected chi connectivity index (χ3v) is 3.01. The lowest BCUT2D eigenvalue weighted by atomic mass is 10.1. The lowest BCUT2D eigenvalue weighted by Crippen LogP contribution is -2.26. The fourth-order valence-electron chi connectivity index (χ4n) is 1.17.